The van der Waals surface area contributed by atoms with Gasteiger partial charge in [-0.15, -0.1) is 0 Å². The zero-order chi connectivity index (χ0) is 17.2. The van der Waals surface area contributed by atoms with Crippen LogP contribution in [-0.2, 0) is 4.84 Å². The molecule has 0 radical (unpaired) electrons. The Labute approximate surface area is 142 Å². The Kier molecular flexibility index (Phi) is 6.83. The molecule has 0 saturated carbocycles. The molecule has 1 N–H and O–H groups in total. The highest BCUT2D eigenvalue weighted by Gasteiger charge is 2.05. The third kappa shape index (κ3) is 5.43. The number of carbonyl (C=O) groups is 1. The first-order valence-electron chi connectivity index (χ1n) is 7.91. The van der Waals surface area contributed by atoms with Crippen molar-refractivity contribution < 1.29 is 9.63 Å². The summed E-state index contributed by atoms with van der Waals surface area (Å²) in [4.78, 5) is 18.9. The van der Waals surface area contributed by atoms with Gasteiger partial charge in [-0.3, -0.25) is 4.79 Å². The molecule has 0 heterocycles. The molecule has 0 aromatic heterocycles. The lowest BCUT2D eigenvalue weighted by Gasteiger charge is -2.19. The number of benzene rings is 2. The number of nitrogens with zero attached hydrogens (tertiary/aromatic N) is 2. The Bertz CT molecular complexity index is 654. The van der Waals surface area contributed by atoms with E-state index in [4.69, 9.17) is 0 Å². The van der Waals surface area contributed by atoms with E-state index in [9.17, 15) is 4.79 Å². The lowest BCUT2D eigenvalue weighted by atomic mass is 10.1. The first-order chi connectivity index (χ1) is 11.7. The molecule has 5 heteroatoms. The average molecular weight is 325 g/mol. The van der Waals surface area contributed by atoms with Gasteiger partial charge in [-0.05, 0) is 36.2 Å². The average Bonchev–Trinajstić information content (AvgIpc) is 2.64. The Morgan fingerprint density at radius 1 is 1.17 bits per heavy atom. The van der Waals surface area contributed by atoms with Gasteiger partial charge in [-0.25, -0.2) is 0 Å². The van der Waals surface area contributed by atoms with Crippen molar-refractivity contribution in [3.63, 3.8) is 0 Å². The van der Waals surface area contributed by atoms with Gasteiger partial charge in [0.1, 0.15) is 7.11 Å². The predicted molar refractivity (Wildman–Crippen MR) is 97.7 cm³/mol. The third-order valence-corrected chi connectivity index (χ3v) is 3.63. The molecule has 0 fully saturated rings. The van der Waals surface area contributed by atoms with Gasteiger partial charge in [0.2, 0.25) is 0 Å². The van der Waals surface area contributed by atoms with E-state index in [0.717, 1.165) is 18.5 Å². The molecule has 24 heavy (non-hydrogen) atoms. The predicted octanol–water partition coefficient (Wildman–Crippen LogP) is 2.92. The number of hydrogen-bond acceptors (Lipinski definition) is 4. The Morgan fingerprint density at radius 2 is 1.88 bits per heavy atom. The second-order valence-electron chi connectivity index (χ2n) is 5.41. The molecule has 5 nitrogen and oxygen atoms in total. The topological polar surface area (TPSA) is 53.9 Å². The molecule has 1 amide bonds. The van der Waals surface area contributed by atoms with Crippen LogP contribution in [-0.4, -0.2) is 39.4 Å². The molecular formula is C19H23N3O2. The van der Waals surface area contributed by atoms with E-state index >= 15 is 0 Å². The molecule has 2 aromatic rings. The van der Waals surface area contributed by atoms with Gasteiger partial charge in [0.25, 0.3) is 5.91 Å². The lowest BCUT2D eigenvalue weighted by Crippen LogP contribution is -2.28. The monoisotopic (exact) mass is 325 g/mol. The molecule has 0 spiro atoms. The summed E-state index contributed by atoms with van der Waals surface area (Å²) in [6.45, 7) is 1.53. The van der Waals surface area contributed by atoms with E-state index in [-0.39, 0.29) is 5.91 Å². The summed E-state index contributed by atoms with van der Waals surface area (Å²) in [5.41, 5.74) is 2.70. The molecule has 0 unspecified atom stereocenters. The van der Waals surface area contributed by atoms with Crippen LogP contribution in [0.3, 0.4) is 0 Å². The van der Waals surface area contributed by atoms with Gasteiger partial charge >= 0.3 is 0 Å². The third-order valence-electron chi connectivity index (χ3n) is 3.63. The SMILES string of the molecule is CO/N=C/c1ccc(C(=O)NCCCN(C)c2ccccc2)cc1. The van der Waals surface area contributed by atoms with Gasteiger partial charge in [0, 0.05) is 31.4 Å². The standard InChI is InChI=1S/C19H23N3O2/c1-22(18-7-4-3-5-8-18)14-6-13-20-19(23)17-11-9-16(10-12-17)15-21-24-2/h3-5,7-12,15H,6,13-14H2,1-2H3,(H,20,23)/b21-15+. The van der Waals surface area contributed by atoms with Crippen molar-refractivity contribution in [1.29, 1.82) is 0 Å². The van der Waals surface area contributed by atoms with E-state index in [0.29, 0.717) is 12.1 Å². The quantitative estimate of drug-likeness (QED) is 0.461. The van der Waals surface area contributed by atoms with E-state index in [1.807, 2.05) is 30.3 Å². The van der Waals surface area contributed by atoms with Crippen molar-refractivity contribution in [2.75, 3.05) is 32.1 Å². The van der Waals surface area contributed by atoms with Gasteiger partial charge in [0.05, 0.1) is 6.21 Å². The molecule has 126 valence electrons. The van der Waals surface area contributed by atoms with Gasteiger partial charge in [0.15, 0.2) is 0 Å². The van der Waals surface area contributed by atoms with Crippen molar-refractivity contribution >= 4 is 17.8 Å². The molecule has 0 bridgehead atoms. The Morgan fingerprint density at radius 3 is 2.54 bits per heavy atom. The number of oxime groups is 1. The second kappa shape index (κ2) is 9.35. The van der Waals surface area contributed by atoms with Crippen LogP contribution < -0.4 is 10.2 Å². The summed E-state index contributed by atoms with van der Waals surface area (Å²) < 4.78 is 0. The zero-order valence-electron chi connectivity index (χ0n) is 14.1. The highest BCUT2D eigenvalue weighted by atomic mass is 16.6. The fourth-order valence-corrected chi connectivity index (χ4v) is 2.27. The van der Waals surface area contributed by atoms with E-state index in [1.54, 1.807) is 18.3 Å². The van der Waals surface area contributed by atoms with E-state index < -0.39 is 0 Å². The molecule has 0 atom stereocenters. The summed E-state index contributed by atoms with van der Waals surface area (Å²) >= 11 is 0. The Balaban J connectivity index is 1.74. The smallest absolute Gasteiger partial charge is 0.251 e. The molecule has 0 aliphatic carbocycles. The molecular weight excluding hydrogens is 302 g/mol. The van der Waals surface area contributed by atoms with Gasteiger partial charge in [-0.1, -0.05) is 35.5 Å². The van der Waals surface area contributed by atoms with Crippen molar-refractivity contribution in [1.82, 2.24) is 5.32 Å². The fraction of sp³-hybridized carbons (Fsp3) is 0.263. The minimum absolute atomic E-state index is 0.0624. The van der Waals surface area contributed by atoms with Crippen molar-refractivity contribution in [3.05, 3.63) is 65.7 Å². The van der Waals surface area contributed by atoms with E-state index in [2.05, 4.69) is 39.4 Å². The van der Waals surface area contributed by atoms with Crippen LogP contribution >= 0.6 is 0 Å². The number of anilines is 1. The second-order valence-corrected chi connectivity index (χ2v) is 5.41. The van der Waals surface area contributed by atoms with Gasteiger partial charge < -0.3 is 15.1 Å². The maximum absolute atomic E-state index is 12.1. The van der Waals surface area contributed by atoms with Crippen LogP contribution in [0, 0.1) is 0 Å². The number of carbonyl (C=O) groups excluding carboxylic acids is 1. The maximum Gasteiger partial charge on any atom is 0.251 e. The molecule has 0 saturated heterocycles. The summed E-state index contributed by atoms with van der Waals surface area (Å²) in [6.07, 6.45) is 2.48. The summed E-state index contributed by atoms with van der Waals surface area (Å²) in [6, 6.07) is 17.4. The van der Waals surface area contributed by atoms with Crippen molar-refractivity contribution in [3.8, 4) is 0 Å². The fourth-order valence-electron chi connectivity index (χ4n) is 2.27. The molecule has 0 aliphatic heterocycles. The number of amides is 1. The maximum atomic E-state index is 12.1. The number of para-hydroxylation sites is 1. The van der Waals surface area contributed by atoms with Crippen LogP contribution in [0.1, 0.15) is 22.3 Å². The van der Waals surface area contributed by atoms with E-state index in [1.165, 1.54) is 12.8 Å². The summed E-state index contributed by atoms with van der Waals surface area (Å²) in [5.74, 6) is -0.0624. The normalized spacial score (nSPS) is 10.6. The Hall–Kier alpha value is -2.82. The number of nitrogens with one attached hydrogen (secondary N) is 1. The number of hydrogen-bond donors (Lipinski definition) is 1. The zero-order valence-corrected chi connectivity index (χ0v) is 14.1. The van der Waals surface area contributed by atoms with Crippen LogP contribution in [0.15, 0.2) is 59.8 Å². The lowest BCUT2D eigenvalue weighted by molar-refractivity contribution is 0.0953. The van der Waals surface area contributed by atoms with Crippen LogP contribution in [0.25, 0.3) is 0 Å². The summed E-state index contributed by atoms with van der Waals surface area (Å²) in [7, 11) is 3.55. The number of rotatable bonds is 8. The molecule has 2 rings (SSSR count). The highest BCUT2D eigenvalue weighted by Crippen LogP contribution is 2.10. The van der Waals surface area contributed by atoms with Crippen LogP contribution in [0.5, 0.6) is 0 Å². The molecule has 0 aliphatic rings. The largest absolute Gasteiger partial charge is 0.399 e. The molecule has 2 aromatic carbocycles. The first-order valence-corrected chi connectivity index (χ1v) is 7.91. The highest BCUT2D eigenvalue weighted by molar-refractivity contribution is 5.94. The van der Waals surface area contributed by atoms with Crippen molar-refractivity contribution in [2.24, 2.45) is 5.16 Å². The first kappa shape index (κ1) is 17.5. The van der Waals surface area contributed by atoms with Crippen molar-refractivity contribution in [2.45, 2.75) is 6.42 Å². The van der Waals surface area contributed by atoms with Crippen LogP contribution in [0.4, 0.5) is 5.69 Å². The minimum atomic E-state index is -0.0624. The minimum Gasteiger partial charge on any atom is -0.399 e. The van der Waals surface area contributed by atoms with Gasteiger partial charge in [-0.2, -0.15) is 0 Å². The van der Waals surface area contributed by atoms with Crippen LogP contribution in [0.2, 0.25) is 0 Å². The summed E-state index contributed by atoms with van der Waals surface area (Å²) in [5, 5.41) is 6.63.